The van der Waals surface area contributed by atoms with Gasteiger partial charge in [-0.15, -0.1) is 0 Å². The van der Waals surface area contributed by atoms with Crippen molar-refractivity contribution in [1.29, 1.82) is 0 Å². The van der Waals surface area contributed by atoms with E-state index in [9.17, 15) is 4.79 Å². The van der Waals surface area contributed by atoms with Crippen LogP contribution in [0.5, 0.6) is 0 Å². The second kappa shape index (κ2) is 8.11. The molecule has 0 heterocycles. The second-order valence-electron chi connectivity index (χ2n) is 14.6. The Hall–Kier alpha value is -0.790. The fraction of sp³-hybridized carbons (Fsp3) is 0.906. The maximum atomic E-state index is 11.7. The summed E-state index contributed by atoms with van der Waals surface area (Å²) in [4.78, 5) is 11.7. The van der Waals surface area contributed by atoms with Crippen molar-refractivity contribution < 1.29 is 9.53 Å². The van der Waals surface area contributed by atoms with Crippen molar-refractivity contribution in [2.45, 2.75) is 125 Å². The van der Waals surface area contributed by atoms with Crippen molar-refractivity contribution in [2.75, 3.05) is 0 Å². The largest absolute Gasteiger partial charge is 0.462 e. The highest BCUT2D eigenvalue weighted by atomic mass is 16.5. The molecule has 192 valence electrons. The molecule has 5 rings (SSSR count). The fourth-order valence-corrected chi connectivity index (χ4v) is 11.2. The monoisotopic (exact) mass is 468 g/mol. The smallest absolute Gasteiger partial charge is 0.302 e. The van der Waals surface area contributed by atoms with Crippen LogP contribution in [0.25, 0.3) is 0 Å². The topological polar surface area (TPSA) is 26.3 Å². The number of ether oxygens (including phenoxy) is 1. The molecule has 0 aromatic heterocycles. The minimum Gasteiger partial charge on any atom is -0.462 e. The average Bonchev–Trinajstić information content (AvgIpc) is 3.36. The normalized spacial score (nSPS) is 49.9. The van der Waals surface area contributed by atoms with Crippen LogP contribution in [0.15, 0.2) is 12.2 Å². The maximum absolute atomic E-state index is 11.7. The van der Waals surface area contributed by atoms with Crippen molar-refractivity contribution >= 4 is 5.97 Å². The predicted molar refractivity (Wildman–Crippen MR) is 140 cm³/mol. The van der Waals surface area contributed by atoms with E-state index in [-0.39, 0.29) is 12.1 Å². The lowest BCUT2D eigenvalue weighted by Crippen LogP contribution is -2.56. The van der Waals surface area contributed by atoms with E-state index >= 15 is 0 Å². The van der Waals surface area contributed by atoms with E-state index in [0.717, 1.165) is 30.1 Å². The molecule has 10 atom stereocenters. The third kappa shape index (κ3) is 3.21. The van der Waals surface area contributed by atoms with Gasteiger partial charge < -0.3 is 4.74 Å². The van der Waals surface area contributed by atoms with Gasteiger partial charge in [0.05, 0.1) is 0 Å². The highest BCUT2D eigenvalue weighted by molar-refractivity contribution is 5.66. The maximum Gasteiger partial charge on any atom is 0.302 e. The van der Waals surface area contributed by atoms with Gasteiger partial charge in [-0.25, -0.2) is 0 Å². The molecule has 0 unspecified atom stereocenters. The summed E-state index contributed by atoms with van der Waals surface area (Å²) in [6.45, 7) is 21.0. The first-order valence-electron chi connectivity index (χ1n) is 14.8. The number of rotatable bonds is 6. The lowest BCUT2D eigenvalue weighted by molar-refractivity contribution is -0.165. The van der Waals surface area contributed by atoms with Gasteiger partial charge in [0.1, 0.15) is 6.10 Å². The van der Waals surface area contributed by atoms with Crippen molar-refractivity contribution in [2.24, 2.45) is 57.2 Å². The molecule has 5 fully saturated rings. The quantitative estimate of drug-likeness (QED) is 0.288. The molecule has 0 aromatic rings. The number of hydrogen-bond acceptors (Lipinski definition) is 2. The zero-order valence-electron chi connectivity index (χ0n) is 23.3. The van der Waals surface area contributed by atoms with Crippen molar-refractivity contribution in [3.05, 3.63) is 12.2 Å². The van der Waals surface area contributed by atoms with Crippen LogP contribution in [-0.2, 0) is 9.53 Å². The molecule has 0 amide bonds. The van der Waals surface area contributed by atoms with Gasteiger partial charge in [0.15, 0.2) is 0 Å². The SMILES string of the molecule is C=C(CC[C@@H](C)[C@H]1CC[C@@]2(C)[C@H]3CC[C@@H]4[C@H](C)[C@@H](OC(C)=O)CC[C@@]45C[C@]35CC[C@]12C)C(C)C. The standard InChI is InChI=1S/C32H52O2/c1-20(2)21(3)9-10-22(4)25-13-15-30(8)28-12-11-26-23(5)27(34-24(6)33)14-16-31(26)19-32(28,31)18-17-29(25,30)7/h20,22-23,25-28H,3,9-19H2,1-2,4-8H3/t22-,23+,25-,26-,27+,28-,29-,30+,31-,32-/m1/s1. The molecule has 0 N–H and O–H groups in total. The predicted octanol–water partition coefficient (Wildman–Crippen LogP) is 8.60. The van der Waals surface area contributed by atoms with Crippen LogP contribution in [0, 0.1) is 57.2 Å². The molecular formula is C32H52O2. The van der Waals surface area contributed by atoms with E-state index in [1.807, 2.05) is 0 Å². The highest BCUT2D eigenvalue weighted by Crippen LogP contribution is 2.88. The summed E-state index contributed by atoms with van der Waals surface area (Å²) in [5.41, 5.74) is 3.61. The van der Waals surface area contributed by atoms with E-state index < -0.39 is 0 Å². The summed E-state index contributed by atoms with van der Waals surface area (Å²) < 4.78 is 5.80. The van der Waals surface area contributed by atoms with Gasteiger partial charge in [0.25, 0.3) is 0 Å². The molecule has 0 saturated heterocycles. The van der Waals surface area contributed by atoms with Crippen LogP contribution < -0.4 is 0 Å². The van der Waals surface area contributed by atoms with Crippen molar-refractivity contribution in [3.63, 3.8) is 0 Å². The molecule has 2 nitrogen and oxygen atoms in total. The van der Waals surface area contributed by atoms with E-state index in [1.54, 1.807) is 6.92 Å². The van der Waals surface area contributed by atoms with Crippen LogP contribution in [-0.4, -0.2) is 12.1 Å². The van der Waals surface area contributed by atoms with Gasteiger partial charge in [0, 0.05) is 6.92 Å². The Bertz CT molecular complexity index is 844. The minimum atomic E-state index is -0.0870. The first-order chi connectivity index (χ1) is 15.9. The Morgan fingerprint density at radius 3 is 2.38 bits per heavy atom. The summed E-state index contributed by atoms with van der Waals surface area (Å²) in [6, 6.07) is 0. The molecule has 2 heteroatoms. The van der Waals surface area contributed by atoms with Gasteiger partial charge in [-0.1, -0.05) is 53.7 Å². The molecule has 5 aliphatic rings. The average molecular weight is 469 g/mol. The van der Waals surface area contributed by atoms with E-state index in [1.165, 1.54) is 69.8 Å². The molecule has 0 aromatic carbocycles. The third-order valence-corrected chi connectivity index (χ3v) is 13.4. The number of carbonyl (C=O) groups is 1. The number of carbonyl (C=O) groups excluding carboxylic acids is 1. The molecule has 5 aliphatic carbocycles. The molecular weight excluding hydrogens is 416 g/mol. The van der Waals surface area contributed by atoms with Crippen LogP contribution in [0.4, 0.5) is 0 Å². The second-order valence-corrected chi connectivity index (χ2v) is 14.6. The molecule has 0 bridgehead atoms. The van der Waals surface area contributed by atoms with E-state index in [0.29, 0.717) is 33.5 Å². The first kappa shape index (κ1) is 24.9. The molecule has 0 aliphatic heterocycles. The van der Waals surface area contributed by atoms with Gasteiger partial charge in [-0.3, -0.25) is 4.79 Å². The summed E-state index contributed by atoms with van der Waals surface area (Å²) in [7, 11) is 0. The van der Waals surface area contributed by atoms with E-state index in [2.05, 4.69) is 48.1 Å². The highest BCUT2D eigenvalue weighted by Gasteiger charge is 2.81. The molecule has 34 heavy (non-hydrogen) atoms. The fourth-order valence-electron chi connectivity index (χ4n) is 11.2. The van der Waals surface area contributed by atoms with Crippen LogP contribution in [0.2, 0.25) is 0 Å². The summed E-state index contributed by atoms with van der Waals surface area (Å²) in [5.74, 6) is 4.43. The first-order valence-corrected chi connectivity index (χ1v) is 14.8. The summed E-state index contributed by atoms with van der Waals surface area (Å²) >= 11 is 0. The minimum absolute atomic E-state index is 0.0870. The Labute approximate surface area is 210 Å². The number of fused-ring (bicyclic) bond motifs is 2. The number of hydrogen-bond donors (Lipinski definition) is 0. The zero-order valence-corrected chi connectivity index (χ0v) is 23.3. The Morgan fingerprint density at radius 1 is 0.971 bits per heavy atom. The summed E-state index contributed by atoms with van der Waals surface area (Å²) in [5, 5.41) is 0. The Balaban J connectivity index is 1.35. The zero-order chi connectivity index (χ0) is 24.7. The molecule has 0 radical (unpaired) electrons. The summed E-state index contributed by atoms with van der Waals surface area (Å²) in [6.07, 6.45) is 15.1. The number of allylic oxidation sites excluding steroid dienone is 1. The van der Waals surface area contributed by atoms with Crippen LogP contribution in [0.1, 0.15) is 119 Å². The Kier molecular flexibility index (Phi) is 5.93. The van der Waals surface area contributed by atoms with Gasteiger partial charge in [-0.2, -0.15) is 0 Å². The lowest BCUT2D eigenvalue weighted by atomic mass is 9.43. The van der Waals surface area contributed by atoms with Crippen LogP contribution >= 0.6 is 0 Å². The molecule has 2 spiro atoms. The van der Waals surface area contributed by atoms with Gasteiger partial charge in [-0.05, 0) is 128 Å². The Morgan fingerprint density at radius 2 is 1.71 bits per heavy atom. The lowest BCUT2D eigenvalue weighted by Gasteiger charge is -2.62. The third-order valence-electron chi connectivity index (χ3n) is 13.4. The van der Waals surface area contributed by atoms with Crippen molar-refractivity contribution in [1.82, 2.24) is 0 Å². The van der Waals surface area contributed by atoms with E-state index in [4.69, 9.17) is 4.74 Å². The van der Waals surface area contributed by atoms with Crippen molar-refractivity contribution in [3.8, 4) is 0 Å². The van der Waals surface area contributed by atoms with Gasteiger partial charge in [0.2, 0.25) is 0 Å². The van der Waals surface area contributed by atoms with Gasteiger partial charge >= 0.3 is 5.97 Å². The number of esters is 1. The molecule has 5 saturated carbocycles. The van der Waals surface area contributed by atoms with Crippen LogP contribution in [0.3, 0.4) is 0 Å².